The largest absolute Gasteiger partial charge is 0.416 e. The second kappa shape index (κ2) is 4.94. The van der Waals surface area contributed by atoms with Crippen molar-refractivity contribution in [3.8, 4) is 0 Å². The van der Waals surface area contributed by atoms with Crippen molar-refractivity contribution in [3.63, 3.8) is 0 Å². The first-order valence-corrected chi connectivity index (χ1v) is 6.27. The van der Waals surface area contributed by atoms with E-state index in [-0.39, 0.29) is 0 Å². The summed E-state index contributed by atoms with van der Waals surface area (Å²) < 4.78 is 51.7. The topological polar surface area (TPSA) is 20.2 Å². The van der Waals surface area contributed by atoms with Crippen LogP contribution >= 0.6 is 11.3 Å². The Hall–Kier alpha value is -1.40. The van der Waals surface area contributed by atoms with Gasteiger partial charge in [0, 0.05) is 10.4 Å². The number of halogens is 4. The van der Waals surface area contributed by atoms with E-state index in [4.69, 9.17) is 0 Å². The number of benzene rings is 1. The molecule has 2 aromatic rings. The SMILES string of the molecule is Cc1ccsc1C(O)c1cc(F)ccc1C(F)(F)F. The lowest BCUT2D eigenvalue weighted by atomic mass is 9.99. The number of aryl methyl sites for hydroxylation is 1. The van der Waals surface area contributed by atoms with Crippen LogP contribution in [0.1, 0.15) is 27.7 Å². The molecule has 0 spiro atoms. The number of alkyl halides is 3. The average molecular weight is 290 g/mol. The van der Waals surface area contributed by atoms with Crippen LogP contribution in [0.5, 0.6) is 0 Å². The highest BCUT2D eigenvalue weighted by molar-refractivity contribution is 7.10. The maximum atomic E-state index is 13.2. The minimum Gasteiger partial charge on any atom is -0.383 e. The fraction of sp³-hybridized carbons (Fsp3) is 0.231. The molecule has 1 nitrogen and oxygen atoms in total. The van der Waals surface area contributed by atoms with Gasteiger partial charge in [0.05, 0.1) is 5.56 Å². The van der Waals surface area contributed by atoms with Crippen molar-refractivity contribution in [2.75, 3.05) is 0 Å². The molecule has 0 aliphatic heterocycles. The number of hydrogen-bond acceptors (Lipinski definition) is 2. The summed E-state index contributed by atoms with van der Waals surface area (Å²) in [6.45, 7) is 1.68. The molecule has 19 heavy (non-hydrogen) atoms. The first-order valence-electron chi connectivity index (χ1n) is 5.39. The zero-order valence-corrected chi connectivity index (χ0v) is 10.6. The van der Waals surface area contributed by atoms with Gasteiger partial charge >= 0.3 is 6.18 Å². The minimum absolute atomic E-state index is 0.385. The van der Waals surface area contributed by atoms with E-state index in [9.17, 15) is 22.7 Å². The van der Waals surface area contributed by atoms with Gasteiger partial charge in [-0.2, -0.15) is 13.2 Å². The molecule has 1 aromatic heterocycles. The zero-order chi connectivity index (χ0) is 14.2. The van der Waals surface area contributed by atoms with Crippen molar-refractivity contribution in [1.29, 1.82) is 0 Å². The third-order valence-electron chi connectivity index (χ3n) is 2.76. The van der Waals surface area contributed by atoms with Gasteiger partial charge in [-0.15, -0.1) is 11.3 Å². The van der Waals surface area contributed by atoms with Crippen LogP contribution in [0.2, 0.25) is 0 Å². The van der Waals surface area contributed by atoms with E-state index in [1.54, 1.807) is 18.4 Å². The molecule has 0 aliphatic rings. The Morgan fingerprint density at radius 1 is 1.21 bits per heavy atom. The van der Waals surface area contributed by atoms with Crippen LogP contribution in [-0.2, 0) is 6.18 Å². The Morgan fingerprint density at radius 2 is 1.89 bits per heavy atom. The van der Waals surface area contributed by atoms with Gasteiger partial charge in [-0.3, -0.25) is 0 Å². The van der Waals surface area contributed by atoms with Gasteiger partial charge in [-0.25, -0.2) is 4.39 Å². The quantitative estimate of drug-likeness (QED) is 0.818. The van der Waals surface area contributed by atoms with Crippen molar-refractivity contribution in [2.24, 2.45) is 0 Å². The van der Waals surface area contributed by atoms with Crippen molar-refractivity contribution < 1.29 is 22.7 Å². The predicted octanol–water partition coefficient (Wildman–Crippen LogP) is 4.30. The molecule has 2 rings (SSSR count). The summed E-state index contributed by atoms with van der Waals surface area (Å²) in [4.78, 5) is 0.385. The molecular formula is C13H10F4OS. The van der Waals surface area contributed by atoms with E-state index in [0.717, 1.165) is 23.5 Å². The molecule has 1 atom stereocenters. The molecule has 1 heterocycles. The molecule has 0 aliphatic carbocycles. The van der Waals surface area contributed by atoms with E-state index in [1.807, 2.05) is 0 Å². The predicted molar refractivity (Wildman–Crippen MR) is 64.5 cm³/mol. The van der Waals surface area contributed by atoms with Crippen LogP contribution in [-0.4, -0.2) is 5.11 Å². The molecule has 0 radical (unpaired) electrons. The summed E-state index contributed by atoms with van der Waals surface area (Å²) >= 11 is 1.14. The molecule has 1 aromatic carbocycles. The lowest BCUT2D eigenvalue weighted by Gasteiger charge is -2.17. The third kappa shape index (κ3) is 2.79. The highest BCUT2D eigenvalue weighted by Crippen LogP contribution is 2.38. The van der Waals surface area contributed by atoms with Gasteiger partial charge in [0.25, 0.3) is 0 Å². The molecule has 6 heteroatoms. The molecule has 0 saturated heterocycles. The molecule has 0 amide bonds. The fourth-order valence-electron chi connectivity index (χ4n) is 1.82. The first kappa shape index (κ1) is 14.0. The fourth-order valence-corrected chi connectivity index (χ4v) is 2.75. The van der Waals surface area contributed by atoms with E-state index < -0.39 is 29.2 Å². The van der Waals surface area contributed by atoms with Gasteiger partial charge in [0.15, 0.2) is 0 Å². The number of aliphatic hydroxyl groups excluding tert-OH is 1. The minimum atomic E-state index is -4.63. The van der Waals surface area contributed by atoms with Crippen LogP contribution in [0.4, 0.5) is 17.6 Å². The number of aliphatic hydroxyl groups is 1. The van der Waals surface area contributed by atoms with Gasteiger partial charge < -0.3 is 5.11 Å². The van der Waals surface area contributed by atoms with Gasteiger partial charge in [0.2, 0.25) is 0 Å². The maximum Gasteiger partial charge on any atom is 0.416 e. The Kier molecular flexibility index (Phi) is 3.64. The van der Waals surface area contributed by atoms with Crippen molar-refractivity contribution in [1.82, 2.24) is 0 Å². The second-order valence-corrected chi connectivity index (χ2v) is 5.05. The maximum absolute atomic E-state index is 13.2. The first-order chi connectivity index (χ1) is 8.80. The lowest BCUT2D eigenvalue weighted by Crippen LogP contribution is -2.13. The summed E-state index contributed by atoms with van der Waals surface area (Å²) in [5.41, 5.74) is -0.804. The van der Waals surface area contributed by atoms with Gasteiger partial charge in [-0.1, -0.05) is 0 Å². The highest BCUT2D eigenvalue weighted by Gasteiger charge is 2.35. The molecule has 0 fully saturated rings. The Bertz CT molecular complexity index is 589. The normalized spacial score (nSPS) is 13.6. The molecule has 0 bridgehead atoms. The van der Waals surface area contributed by atoms with E-state index >= 15 is 0 Å². The third-order valence-corrected chi connectivity index (χ3v) is 3.83. The highest BCUT2D eigenvalue weighted by atomic mass is 32.1. The smallest absolute Gasteiger partial charge is 0.383 e. The number of thiophene rings is 1. The van der Waals surface area contributed by atoms with Crippen LogP contribution in [0.15, 0.2) is 29.6 Å². The zero-order valence-electron chi connectivity index (χ0n) is 9.83. The van der Waals surface area contributed by atoms with E-state index in [0.29, 0.717) is 16.5 Å². The van der Waals surface area contributed by atoms with E-state index in [1.165, 1.54) is 0 Å². The summed E-state index contributed by atoms with van der Waals surface area (Å²) in [6, 6.07) is 3.81. The lowest BCUT2D eigenvalue weighted by molar-refractivity contribution is -0.139. The monoisotopic (exact) mass is 290 g/mol. The Balaban J connectivity index is 2.55. The molecule has 102 valence electrons. The summed E-state index contributed by atoms with van der Waals surface area (Å²) in [7, 11) is 0. The van der Waals surface area contributed by atoms with Crippen LogP contribution in [0.25, 0.3) is 0 Å². The van der Waals surface area contributed by atoms with Gasteiger partial charge in [0.1, 0.15) is 11.9 Å². The van der Waals surface area contributed by atoms with Crippen LogP contribution in [0.3, 0.4) is 0 Å². The number of rotatable bonds is 2. The summed E-state index contributed by atoms with van der Waals surface area (Å²) in [5.74, 6) is -0.809. The van der Waals surface area contributed by atoms with E-state index in [2.05, 4.69) is 0 Å². The van der Waals surface area contributed by atoms with Crippen LogP contribution < -0.4 is 0 Å². The molecule has 0 saturated carbocycles. The summed E-state index contributed by atoms with van der Waals surface area (Å²) in [5, 5.41) is 11.7. The Morgan fingerprint density at radius 3 is 2.42 bits per heavy atom. The van der Waals surface area contributed by atoms with Crippen molar-refractivity contribution >= 4 is 11.3 Å². The molecule has 1 N–H and O–H groups in total. The molecule has 1 unspecified atom stereocenters. The standard InChI is InChI=1S/C13H10F4OS/c1-7-4-5-19-12(7)11(18)9-6-8(14)2-3-10(9)13(15,16)17/h2-6,11,18H,1H3. The van der Waals surface area contributed by atoms with Gasteiger partial charge in [-0.05, 0) is 42.1 Å². The second-order valence-electron chi connectivity index (χ2n) is 4.10. The number of hydrogen-bond donors (Lipinski definition) is 1. The van der Waals surface area contributed by atoms with Crippen LogP contribution in [0, 0.1) is 12.7 Å². The molecular weight excluding hydrogens is 280 g/mol. The van der Waals surface area contributed by atoms with Crippen molar-refractivity contribution in [2.45, 2.75) is 19.2 Å². The van der Waals surface area contributed by atoms with Crippen molar-refractivity contribution in [3.05, 3.63) is 57.0 Å². The summed E-state index contributed by atoms with van der Waals surface area (Å²) in [6.07, 6.45) is -6.11. The Labute approximate surface area is 111 Å². The average Bonchev–Trinajstić information content (AvgIpc) is 2.72.